The summed E-state index contributed by atoms with van der Waals surface area (Å²) in [5, 5.41) is 2.80. The van der Waals surface area contributed by atoms with Gasteiger partial charge in [0.05, 0.1) is 4.34 Å². The fourth-order valence-electron chi connectivity index (χ4n) is 2.96. The molecule has 1 aromatic heterocycles. The van der Waals surface area contributed by atoms with Crippen LogP contribution in [0, 0.1) is 6.92 Å². The molecule has 1 amide bonds. The van der Waals surface area contributed by atoms with Gasteiger partial charge in [-0.25, -0.2) is 8.42 Å². The number of halogens is 2. The van der Waals surface area contributed by atoms with Crippen molar-refractivity contribution >= 4 is 61.8 Å². The standard InChI is InChI=1S/C24H18Cl2N2O4S2/c1-15-2-10-19(11-3-15)32-20-12-8-17(9-13-20)27-24(29)16-4-6-18(7-5-16)28-34(30,31)21-14-22(25)33-23(21)26/h2-14,28H,1H3,(H,27,29). The number of rotatable bonds is 7. The Balaban J connectivity index is 1.38. The summed E-state index contributed by atoms with van der Waals surface area (Å²) in [6, 6.07) is 22.0. The fourth-order valence-corrected chi connectivity index (χ4v) is 6.17. The predicted molar refractivity (Wildman–Crippen MR) is 137 cm³/mol. The lowest BCUT2D eigenvalue weighted by Gasteiger charge is -2.10. The van der Waals surface area contributed by atoms with E-state index in [2.05, 4.69) is 10.0 Å². The number of amides is 1. The summed E-state index contributed by atoms with van der Waals surface area (Å²) in [4.78, 5) is 12.5. The van der Waals surface area contributed by atoms with E-state index in [0.717, 1.165) is 22.6 Å². The van der Waals surface area contributed by atoms with Crippen molar-refractivity contribution in [1.82, 2.24) is 0 Å². The van der Waals surface area contributed by atoms with Gasteiger partial charge < -0.3 is 10.1 Å². The van der Waals surface area contributed by atoms with E-state index in [-0.39, 0.29) is 25.2 Å². The molecule has 0 radical (unpaired) electrons. The summed E-state index contributed by atoms with van der Waals surface area (Å²) >= 11 is 12.8. The number of thiophene rings is 1. The lowest BCUT2D eigenvalue weighted by atomic mass is 10.2. The van der Waals surface area contributed by atoms with Gasteiger partial charge in [0.25, 0.3) is 15.9 Å². The zero-order valence-electron chi connectivity index (χ0n) is 17.7. The van der Waals surface area contributed by atoms with Crippen LogP contribution >= 0.6 is 34.5 Å². The maximum Gasteiger partial charge on any atom is 0.264 e. The molecule has 0 saturated heterocycles. The largest absolute Gasteiger partial charge is 0.457 e. The molecular weight excluding hydrogens is 515 g/mol. The Morgan fingerprint density at radius 2 is 1.41 bits per heavy atom. The van der Waals surface area contributed by atoms with Gasteiger partial charge in [-0.3, -0.25) is 9.52 Å². The van der Waals surface area contributed by atoms with Crippen LogP contribution in [0.25, 0.3) is 0 Å². The van der Waals surface area contributed by atoms with E-state index in [1.807, 2.05) is 31.2 Å². The van der Waals surface area contributed by atoms with E-state index < -0.39 is 10.0 Å². The Kier molecular flexibility index (Phi) is 7.13. The van der Waals surface area contributed by atoms with Crippen LogP contribution < -0.4 is 14.8 Å². The Labute approximate surface area is 211 Å². The third-order valence-electron chi connectivity index (χ3n) is 4.68. The molecule has 0 unspecified atom stereocenters. The van der Waals surface area contributed by atoms with Gasteiger partial charge in [-0.15, -0.1) is 11.3 Å². The van der Waals surface area contributed by atoms with Crippen molar-refractivity contribution in [3.05, 3.63) is 98.7 Å². The minimum atomic E-state index is -3.90. The van der Waals surface area contributed by atoms with E-state index in [9.17, 15) is 13.2 Å². The number of anilines is 2. The highest BCUT2D eigenvalue weighted by Crippen LogP contribution is 2.35. The van der Waals surface area contributed by atoms with Crippen molar-refractivity contribution in [2.24, 2.45) is 0 Å². The zero-order valence-corrected chi connectivity index (χ0v) is 20.9. The lowest BCUT2D eigenvalue weighted by Crippen LogP contribution is -2.14. The minimum Gasteiger partial charge on any atom is -0.457 e. The summed E-state index contributed by atoms with van der Waals surface area (Å²) in [5.74, 6) is 1.03. The Morgan fingerprint density at radius 1 is 0.853 bits per heavy atom. The molecule has 6 nitrogen and oxygen atoms in total. The second kappa shape index (κ2) is 10.1. The summed E-state index contributed by atoms with van der Waals surface area (Å²) in [6.07, 6.45) is 0. The summed E-state index contributed by atoms with van der Waals surface area (Å²) < 4.78 is 33.6. The molecule has 3 aromatic carbocycles. The SMILES string of the molecule is Cc1ccc(Oc2ccc(NC(=O)c3ccc(NS(=O)(=O)c4cc(Cl)sc4Cl)cc3)cc2)cc1. The molecule has 0 atom stereocenters. The van der Waals surface area contributed by atoms with Gasteiger partial charge in [-0.2, -0.15) is 0 Å². The van der Waals surface area contributed by atoms with Crippen molar-refractivity contribution in [1.29, 1.82) is 0 Å². The first-order valence-corrected chi connectivity index (χ1v) is 13.0. The molecule has 1 heterocycles. The average Bonchev–Trinajstić information content (AvgIpc) is 3.16. The minimum absolute atomic E-state index is 0.0729. The van der Waals surface area contributed by atoms with Gasteiger partial charge >= 0.3 is 0 Å². The van der Waals surface area contributed by atoms with E-state index in [1.54, 1.807) is 24.3 Å². The van der Waals surface area contributed by atoms with Crippen molar-refractivity contribution in [3.63, 3.8) is 0 Å². The van der Waals surface area contributed by atoms with E-state index in [4.69, 9.17) is 27.9 Å². The van der Waals surface area contributed by atoms with Crippen molar-refractivity contribution < 1.29 is 17.9 Å². The molecule has 2 N–H and O–H groups in total. The van der Waals surface area contributed by atoms with Crippen LogP contribution in [0.1, 0.15) is 15.9 Å². The second-order valence-electron chi connectivity index (χ2n) is 7.26. The smallest absolute Gasteiger partial charge is 0.264 e. The highest BCUT2D eigenvalue weighted by molar-refractivity contribution is 7.93. The number of nitrogens with one attached hydrogen (secondary N) is 2. The highest BCUT2D eigenvalue weighted by Gasteiger charge is 2.21. The van der Waals surface area contributed by atoms with Gasteiger partial charge in [0.15, 0.2) is 0 Å². The number of hydrogen-bond acceptors (Lipinski definition) is 5. The molecule has 0 aliphatic heterocycles. The molecule has 0 saturated carbocycles. The van der Waals surface area contributed by atoms with Crippen LogP contribution in [0.2, 0.25) is 8.67 Å². The maximum absolute atomic E-state index is 12.6. The highest BCUT2D eigenvalue weighted by atomic mass is 35.5. The van der Waals surface area contributed by atoms with Gasteiger partial charge in [-0.05, 0) is 73.7 Å². The molecule has 10 heteroatoms. The second-order valence-corrected chi connectivity index (χ2v) is 11.2. The van der Waals surface area contributed by atoms with Crippen molar-refractivity contribution in [3.8, 4) is 11.5 Å². The number of aryl methyl sites for hydroxylation is 1. The van der Waals surface area contributed by atoms with Crippen LogP contribution in [-0.2, 0) is 10.0 Å². The first-order chi connectivity index (χ1) is 16.2. The van der Waals surface area contributed by atoms with Crippen LogP contribution in [-0.4, -0.2) is 14.3 Å². The fraction of sp³-hybridized carbons (Fsp3) is 0.0417. The molecule has 174 valence electrons. The molecule has 0 bridgehead atoms. The molecule has 4 rings (SSSR count). The van der Waals surface area contributed by atoms with Gasteiger partial charge in [0.1, 0.15) is 20.7 Å². The van der Waals surface area contributed by atoms with Gasteiger partial charge in [0, 0.05) is 16.9 Å². The third-order valence-corrected chi connectivity index (χ3v) is 7.82. The molecule has 0 fully saturated rings. The van der Waals surface area contributed by atoms with E-state index >= 15 is 0 Å². The summed E-state index contributed by atoms with van der Waals surface area (Å²) in [6.45, 7) is 2.00. The predicted octanol–water partition coefficient (Wildman–Crippen LogP) is 7.21. The normalized spacial score (nSPS) is 11.1. The average molecular weight is 533 g/mol. The monoisotopic (exact) mass is 532 g/mol. The van der Waals surface area contributed by atoms with Crippen LogP contribution in [0.15, 0.2) is 83.8 Å². The lowest BCUT2D eigenvalue weighted by molar-refractivity contribution is 0.102. The first kappa shape index (κ1) is 24.1. The van der Waals surface area contributed by atoms with E-state index in [0.29, 0.717) is 17.0 Å². The maximum atomic E-state index is 12.6. The number of hydrogen-bond donors (Lipinski definition) is 2. The van der Waals surface area contributed by atoms with Crippen LogP contribution in [0.3, 0.4) is 0 Å². The Hall–Kier alpha value is -3.04. The van der Waals surface area contributed by atoms with E-state index in [1.165, 1.54) is 30.3 Å². The number of ether oxygens (including phenoxy) is 1. The van der Waals surface area contributed by atoms with Crippen molar-refractivity contribution in [2.45, 2.75) is 11.8 Å². The Bertz CT molecular complexity index is 1420. The quantitative estimate of drug-likeness (QED) is 0.263. The zero-order chi connectivity index (χ0) is 24.3. The van der Waals surface area contributed by atoms with Gasteiger partial charge in [0.2, 0.25) is 0 Å². The summed E-state index contributed by atoms with van der Waals surface area (Å²) in [5.41, 5.74) is 2.38. The molecule has 0 spiro atoms. The Morgan fingerprint density at radius 3 is 1.97 bits per heavy atom. The molecule has 4 aromatic rings. The van der Waals surface area contributed by atoms with Gasteiger partial charge in [-0.1, -0.05) is 40.9 Å². The van der Waals surface area contributed by atoms with Crippen molar-refractivity contribution in [2.75, 3.05) is 10.0 Å². The number of carbonyl (C=O) groups is 1. The number of sulfonamides is 1. The first-order valence-electron chi connectivity index (χ1n) is 9.93. The number of carbonyl (C=O) groups excluding carboxylic acids is 1. The van der Waals surface area contributed by atoms with Crippen LogP contribution in [0.4, 0.5) is 11.4 Å². The summed E-state index contributed by atoms with van der Waals surface area (Å²) in [7, 11) is -3.90. The molecular formula is C24H18Cl2N2O4S2. The molecule has 0 aliphatic carbocycles. The topological polar surface area (TPSA) is 84.5 Å². The molecule has 34 heavy (non-hydrogen) atoms. The number of benzene rings is 3. The molecule has 0 aliphatic rings. The third kappa shape index (κ3) is 5.90. The van der Waals surface area contributed by atoms with Crippen LogP contribution in [0.5, 0.6) is 11.5 Å².